The van der Waals surface area contributed by atoms with Crippen LogP contribution in [0.5, 0.6) is 0 Å². The summed E-state index contributed by atoms with van der Waals surface area (Å²) in [5.41, 5.74) is 9.14. The number of hydrogen-bond acceptors (Lipinski definition) is 3. The van der Waals surface area contributed by atoms with Crippen molar-refractivity contribution in [1.82, 2.24) is 4.90 Å². The maximum atomic E-state index is 5.76. The van der Waals surface area contributed by atoms with E-state index in [-0.39, 0.29) is 6.10 Å². The second-order valence-electron chi connectivity index (χ2n) is 3.88. The van der Waals surface area contributed by atoms with Gasteiger partial charge in [0.1, 0.15) is 0 Å². The standard InChI is InChI=1S/C11H16N2O/c1-13-6-8-3-4-9(12)5-10(8)11(7-13)14-2/h3-5,11H,6-7,12H2,1-2H3. The first-order chi connectivity index (χ1) is 6.70. The molecule has 2 rings (SSSR count). The molecule has 2 N–H and O–H groups in total. The van der Waals surface area contributed by atoms with Crippen LogP contribution in [0.25, 0.3) is 0 Å². The van der Waals surface area contributed by atoms with E-state index in [9.17, 15) is 0 Å². The predicted octanol–water partition coefficient (Wildman–Crippen LogP) is 1.40. The highest BCUT2D eigenvalue weighted by atomic mass is 16.5. The Kier molecular flexibility index (Phi) is 2.44. The molecular formula is C11H16N2O. The van der Waals surface area contributed by atoms with Gasteiger partial charge in [-0.25, -0.2) is 0 Å². The fourth-order valence-corrected chi connectivity index (χ4v) is 2.00. The zero-order valence-corrected chi connectivity index (χ0v) is 8.66. The highest BCUT2D eigenvalue weighted by Crippen LogP contribution is 2.29. The highest BCUT2D eigenvalue weighted by Gasteiger charge is 2.22. The van der Waals surface area contributed by atoms with Crippen molar-refractivity contribution in [3.05, 3.63) is 29.3 Å². The van der Waals surface area contributed by atoms with Gasteiger partial charge in [0, 0.05) is 25.9 Å². The third kappa shape index (κ3) is 1.61. The van der Waals surface area contributed by atoms with E-state index < -0.39 is 0 Å². The lowest BCUT2D eigenvalue weighted by Crippen LogP contribution is -2.31. The van der Waals surface area contributed by atoms with Gasteiger partial charge in [0.2, 0.25) is 0 Å². The molecule has 0 saturated carbocycles. The number of rotatable bonds is 1. The number of methoxy groups -OCH3 is 1. The molecule has 1 heterocycles. The van der Waals surface area contributed by atoms with Gasteiger partial charge in [-0.3, -0.25) is 4.90 Å². The molecule has 3 heteroatoms. The molecule has 1 aromatic rings. The van der Waals surface area contributed by atoms with Crippen LogP contribution < -0.4 is 5.73 Å². The van der Waals surface area contributed by atoms with Crippen molar-refractivity contribution in [1.29, 1.82) is 0 Å². The summed E-state index contributed by atoms with van der Waals surface area (Å²) in [7, 11) is 3.85. The van der Waals surface area contributed by atoms with E-state index in [1.807, 2.05) is 12.1 Å². The summed E-state index contributed by atoms with van der Waals surface area (Å²) in [4.78, 5) is 2.26. The van der Waals surface area contributed by atoms with Crippen molar-refractivity contribution in [3.63, 3.8) is 0 Å². The van der Waals surface area contributed by atoms with Crippen molar-refractivity contribution in [2.24, 2.45) is 0 Å². The summed E-state index contributed by atoms with van der Waals surface area (Å²) in [5, 5.41) is 0. The lowest BCUT2D eigenvalue weighted by Gasteiger charge is -2.31. The average Bonchev–Trinajstić information content (AvgIpc) is 2.17. The molecule has 0 aliphatic carbocycles. The Labute approximate surface area is 84.5 Å². The number of nitrogens with zero attached hydrogens (tertiary/aromatic N) is 1. The van der Waals surface area contributed by atoms with Gasteiger partial charge in [0.15, 0.2) is 0 Å². The first-order valence-corrected chi connectivity index (χ1v) is 4.80. The lowest BCUT2D eigenvalue weighted by molar-refractivity contribution is 0.0578. The molecule has 1 aliphatic rings. The van der Waals surface area contributed by atoms with Crippen molar-refractivity contribution in [2.45, 2.75) is 12.6 Å². The Morgan fingerprint density at radius 2 is 2.29 bits per heavy atom. The third-order valence-electron chi connectivity index (χ3n) is 2.72. The number of hydrogen-bond donors (Lipinski definition) is 1. The molecule has 0 aromatic heterocycles. The van der Waals surface area contributed by atoms with E-state index in [1.165, 1.54) is 11.1 Å². The number of likely N-dealkylation sites (N-methyl/N-ethyl adjacent to an activating group) is 1. The average molecular weight is 192 g/mol. The van der Waals surface area contributed by atoms with Gasteiger partial charge in [-0.2, -0.15) is 0 Å². The smallest absolute Gasteiger partial charge is 0.0951 e. The highest BCUT2D eigenvalue weighted by molar-refractivity contribution is 5.46. The van der Waals surface area contributed by atoms with E-state index in [0.29, 0.717) is 0 Å². The minimum Gasteiger partial charge on any atom is -0.399 e. The maximum Gasteiger partial charge on any atom is 0.0951 e. The molecule has 1 atom stereocenters. The van der Waals surface area contributed by atoms with Crippen LogP contribution >= 0.6 is 0 Å². The Balaban J connectivity index is 2.41. The van der Waals surface area contributed by atoms with E-state index in [4.69, 9.17) is 10.5 Å². The number of fused-ring (bicyclic) bond motifs is 1. The Morgan fingerprint density at radius 1 is 1.50 bits per heavy atom. The maximum absolute atomic E-state index is 5.76. The van der Waals surface area contributed by atoms with Gasteiger partial charge in [-0.15, -0.1) is 0 Å². The molecular weight excluding hydrogens is 176 g/mol. The Morgan fingerprint density at radius 3 is 3.00 bits per heavy atom. The van der Waals surface area contributed by atoms with Gasteiger partial charge in [0.25, 0.3) is 0 Å². The molecule has 76 valence electrons. The first-order valence-electron chi connectivity index (χ1n) is 4.80. The number of nitrogens with two attached hydrogens (primary N) is 1. The van der Waals surface area contributed by atoms with Crippen LogP contribution in [0.15, 0.2) is 18.2 Å². The van der Waals surface area contributed by atoms with Crippen LogP contribution in [0, 0.1) is 0 Å². The van der Waals surface area contributed by atoms with Gasteiger partial charge >= 0.3 is 0 Å². The van der Waals surface area contributed by atoms with E-state index >= 15 is 0 Å². The number of anilines is 1. The molecule has 0 bridgehead atoms. The second-order valence-corrected chi connectivity index (χ2v) is 3.88. The molecule has 0 saturated heterocycles. The normalized spacial score (nSPS) is 22.0. The molecule has 0 fully saturated rings. The molecule has 1 aliphatic heterocycles. The summed E-state index contributed by atoms with van der Waals surface area (Å²) in [6.45, 7) is 1.92. The third-order valence-corrected chi connectivity index (χ3v) is 2.72. The number of nitrogen functional groups attached to an aromatic ring is 1. The van der Waals surface area contributed by atoms with E-state index in [2.05, 4.69) is 18.0 Å². The minimum atomic E-state index is 0.159. The molecule has 1 unspecified atom stereocenters. The molecule has 1 aromatic carbocycles. The summed E-state index contributed by atoms with van der Waals surface area (Å²) >= 11 is 0. The van der Waals surface area contributed by atoms with E-state index in [0.717, 1.165) is 18.8 Å². The van der Waals surface area contributed by atoms with Crippen LogP contribution in [-0.4, -0.2) is 25.6 Å². The van der Waals surface area contributed by atoms with Gasteiger partial charge < -0.3 is 10.5 Å². The summed E-state index contributed by atoms with van der Waals surface area (Å²) in [6, 6.07) is 6.06. The van der Waals surface area contributed by atoms with Gasteiger partial charge in [-0.1, -0.05) is 6.07 Å². The Hall–Kier alpha value is -1.06. The van der Waals surface area contributed by atoms with Crippen molar-refractivity contribution in [3.8, 4) is 0 Å². The van der Waals surface area contributed by atoms with Crippen molar-refractivity contribution < 1.29 is 4.74 Å². The summed E-state index contributed by atoms with van der Waals surface area (Å²) in [6.07, 6.45) is 0.159. The van der Waals surface area contributed by atoms with Gasteiger partial charge in [-0.05, 0) is 30.3 Å². The van der Waals surface area contributed by atoms with Crippen LogP contribution in [-0.2, 0) is 11.3 Å². The quantitative estimate of drug-likeness (QED) is 0.683. The monoisotopic (exact) mass is 192 g/mol. The SMILES string of the molecule is COC1CN(C)Cc2ccc(N)cc21. The molecule has 0 radical (unpaired) electrons. The Bertz CT molecular complexity index is 338. The largest absolute Gasteiger partial charge is 0.399 e. The predicted molar refractivity (Wildman–Crippen MR) is 56.9 cm³/mol. The minimum absolute atomic E-state index is 0.159. The van der Waals surface area contributed by atoms with E-state index in [1.54, 1.807) is 7.11 Å². The molecule has 0 amide bonds. The van der Waals surface area contributed by atoms with Gasteiger partial charge in [0.05, 0.1) is 6.10 Å². The molecule has 3 nitrogen and oxygen atoms in total. The van der Waals surface area contributed by atoms with Crippen LogP contribution in [0.3, 0.4) is 0 Å². The summed E-state index contributed by atoms with van der Waals surface area (Å²) in [5.74, 6) is 0. The van der Waals surface area contributed by atoms with Crippen LogP contribution in [0.2, 0.25) is 0 Å². The number of benzene rings is 1. The van der Waals surface area contributed by atoms with Crippen LogP contribution in [0.1, 0.15) is 17.2 Å². The van der Waals surface area contributed by atoms with Crippen molar-refractivity contribution in [2.75, 3.05) is 26.4 Å². The molecule has 0 spiro atoms. The summed E-state index contributed by atoms with van der Waals surface area (Å²) < 4.78 is 5.45. The molecule has 14 heavy (non-hydrogen) atoms. The zero-order valence-electron chi connectivity index (χ0n) is 8.66. The van der Waals surface area contributed by atoms with Crippen molar-refractivity contribution >= 4 is 5.69 Å². The van der Waals surface area contributed by atoms with Crippen LogP contribution in [0.4, 0.5) is 5.69 Å². The fraction of sp³-hybridized carbons (Fsp3) is 0.455. The number of ether oxygens (including phenoxy) is 1. The fourth-order valence-electron chi connectivity index (χ4n) is 2.00. The first kappa shape index (κ1) is 9.49. The topological polar surface area (TPSA) is 38.5 Å². The lowest BCUT2D eigenvalue weighted by atomic mass is 9.97. The second kappa shape index (κ2) is 3.59. The zero-order chi connectivity index (χ0) is 10.1.